The predicted octanol–water partition coefficient (Wildman–Crippen LogP) is -0.573. The van der Waals surface area contributed by atoms with Crippen LogP contribution >= 0.6 is 0 Å². The van der Waals surface area contributed by atoms with Crippen molar-refractivity contribution < 1.29 is 27.9 Å². The summed E-state index contributed by atoms with van der Waals surface area (Å²) in [4.78, 5) is 22.1. The average molecular weight is 265 g/mol. The fourth-order valence-corrected chi connectivity index (χ4v) is 3.34. The van der Waals surface area contributed by atoms with Crippen molar-refractivity contribution in [2.45, 2.75) is 31.1 Å². The van der Waals surface area contributed by atoms with Crippen LogP contribution in [0.2, 0.25) is 0 Å². The Kier molecular flexibility index (Phi) is 4.10. The zero-order valence-electron chi connectivity index (χ0n) is 9.62. The van der Waals surface area contributed by atoms with Crippen molar-refractivity contribution in [3.63, 3.8) is 0 Å². The Labute approximate surface area is 99.4 Å². The summed E-state index contributed by atoms with van der Waals surface area (Å²) in [6.45, 7) is 1.24. The summed E-state index contributed by atoms with van der Waals surface area (Å²) in [5.41, 5.74) is 0. The number of methoxy groups -OCH3 is 1. The standard InChI is InChI=1S/C9H15NO6S/c1-6(8(11)12)17(14,15)10-5-3-4-7(10)9(13)16-2/h6-7H,3-5H2,1-2H3,(H,11,12). The van der Waals surface area contributed by atoms with Crippen molar-refractivity contribution in [2.75, 3.05) is 13.7 Å². The third-order valence-corrected chi connectivity index (χ3v) is 4.98. The number of carboxylic acids is 1. The fourth-order valence-electron chi connectivity index (χ4n) is 1.75. The molecule has 0 saturated carbocycles. The molecule has 0 aromatic rings. The number of sulfonamides is 1. The SMILES string of the molecule is COC(=O)C1CCCN1S(=O)(=O)C(C)C(=O)O. The summed E-state index contributed by atoms with van der Waals surface area (Å²) in [5.74, 6) is -2.08. The molecule has 0 amide bonds. The number of ether oxygens (including phenoxy) is 1. The molecule has 1 rings (SSSR count). The Morgan fingerprint density at radius 1 is 1.47 bits per heavy atom. The van der Waals surface area contributed by atoms with E-state index < -0.39 is 33.3 Å². The second kappa shape index (κ2) is 5.01. The molecule has 2 unspecified atom stereocenters. The molecule has 0 spiro atoms. The van der Waals surface area contributed by atoms with E-state index in [0.717, 1.165) is 11.2 Å². The first-order valence-electron chi connectivity index (χ1n) is 5.13. The average Bonchev–Trinajstić information content (AvgIpc) is 2.76. The van der Waals surface area contributed by atoms with Crippen molar-refractivity contribution in [3.8, 4) is 0 Å². The Hall–Kier alpha value is -1.15. The van der Waals surface area contributed by atoms with Crippen LogP contribution in [-0.4, -0.2) is 54.7 Å². The van der Waals surface area contributed by atoms with Gasteiger partial charge in [0.05, 0.1) is 7.11 Å². The van der Waals surface area contributed by atoms with Crippen LogP contribution in [-0.2, 0) is 24.3 Å². The number of carbonyl (C=O) groups excluding carboxylic acids is 1. The van der Waals surface area contributed by atoms with Gasteiger partial charge in [-0.1, -0.05) is 0 Å². The topological polar surface area (TPSA) is 101 Å². The van der Waals surface area contributed by atoms with Gasteiger partial charge in [0.1, 0.15) is 6.04 Å². The molecule has 1 saturated heterocycles. The van der Waals surface area contributed by atoms with Crippen LogP contribution in [0.15, 0.2) is 0 Å². The van der Waals surface area contributed by atoms with Gasteiger partial charge in [-0.2, -0.15) is 4.31 Å². The number of rotatable bonds is 4. The van der Waals surface area contributed by atoms with Gasteiger partial charge in [-0.05, 0) is 19.8 Å². The van der Waals surface area contributed by atoms with Crippen LogP contribution in [0, 0.1) is 0 Å². The largest absolute Gasteiger partial charge is 0.480 e. The Morgan fingerprint density at radius 2 is 2.06 bits per heavy atom. The summed E-state index contributed by atoms with van der Waals surface area (Å²) in [6, 6.07) is -0.896. The zero-order valence-corrected chi connectivity index (χ0v) is 10.4. The van der Waals surface area contributed by atoms with Crippen molar-refractivity contribution in [1.82, 2.24) is 4.31 Å². The lowest BCUT2D eigenvalue weighted by Crippen LogP contribution is -2.46. The van der Waals surface area contributed by atoms with Gasteiger partial charge in [0, 0.05) is 6.54 Å². The molecule has 7 nitrogen and oxygen atoms in total. The number of nitrogens with zero attached hydrogens (tertiary/aromatic N) is 1. The monoisotopic (exact) mass is 265 g/mol. The first-order chi connectivity index (χ1) is 7.82. The van der Waals surface area contributed by atoms with E-state index in [-0.39, 0.29) is 6.54 Å². The van der Waals surface area contributed by atoms with Gasteiger partial charge in [-0.15, -0.1) is 0 Å². The maximum absolute atomic E-state index is 11.9. The lowest BCUT2D eigenvalue weighted by atomic mass is 10.2. The third kappa shape index (κ3) is 2.58. The van der Waals surface area contributed by atoms with E-state index in [9.17, 15) is 18.0 Å². The van der Waals surface area contributed by atoms with Crippen LogP contribution in [0.4, 0.5) is 0 Å². The molecule has 0 aliphatic carbocycles. The summed E-state index contributed by atoms with van der Waals surface area (Å²) < 4.78 is 29.3. The van der Waals surface area contributed by atoms with E-state index in [1.54, 1.807) is 0 Å². The number of esters is 1. The highest BCUT2D eigenvalue weighted by molar-refractivity contribution is 7.90. The second-order valence-corrected chi connectivity index (χ2v) is 6.02. The van der Waals surface area contributed by atoms with E-state index in [1.165, 1.54) is 7.11 Å². The van der Waals surface area contributed by atoms with E-state index in [0.29, 0.717) is 12.8 Å². The maximum Gasteiger partial charge on any atom is 0.324 e. The van der Waals surface area contributed by atoms with Gasteiger partial charge >= 0.3 is 11.9 Å². The van der Waals surface area contributed by atoms with Gasteiger partial charge in [0.15, 0.2) is 5.25 Å². The van der Waals surface area contributed by atoms with E-state index in [4.69, 9.17) is 5.11 Å². The molecule has 1 aliphatic heterocycles. The molecule has 17 heavy (non-hydrogen) atoms. The molecule has 0 aromatic carbocycles. The van der Waals surface area contributed by atoms with E-state index >= 15 is 0 Å². The quantitative estimate of drug-likeness (QED) is 0.683. The lowest BCUT2D eigenvalue weighted by molar-refractivity contribution is -0.144. The normalized spacial score (nSPS) is 23.3. The van der Waals surface area contributed by atoms with E-state index in [1.807, 2.05) is 0 Å². The van der Waals surface area contributed by atoms with Gasteiger partial charge in [0.25, 0.3) is 0 Å². The van der Waals surface area contributed by atoms with Crippen LogP contribution in [0.1, 0.15) is 19.8 Å². The minimum Gasteiger partial charge on any atom is -0.480 e. The molecular formula is C9H15NO6S. The highest BCUT2D eigenvalue weighted by Crippen LogP contribution is 2.24. The summed E-state index contributed by atoms with van der Waals surface area (Å²) in [7, 11) is -2.84. The Bertz CT molecular complexity index is 417. The molecule has 0 bridgehead atoms. The third-order valence-electron chi connectivity index (χ3n) is 2.80. The highest BCUT2D eigenvalue weighted by Gasteiger charge is 2.43. The summed E-state index contributed by atoms with van der Waals surface area (Å²) >= 11 is 0. The van der Waals surface area contributed by atoms with Gasteiger partial charge in [-0.3, -0.25) is 9.59 Å². The maximum atomic E-state index is 11.9. The van der Waals surface area contributed by atoms with Crippen molar-refractivity contribution in [2.24, 2.45) is 0 Å². The number of aliphatic carboxylic acids is 1. The summed E-state index contributed by atoms with van der Waals surface area (Å²) in [6.07, 6.45) is 0.879. The zero-order chi connectivity index (χ0) is 13.2. The smallest absolute Gasteiger partial charge is 0.324 e. The molecule has 2 atom stereocenters. The summed E-state index contributed by atoms with van der Waals surface area (Å²) in [5, 5.41) is 7.18. The van der Waals surface area contributed by atoms with Gasteiger partial charge < -0.3 is 9.84 Å². The predicted molar refractivity (Wildman–Crippen MR) is 57.8 cm³/mol. The minimum atomic E-state index is -4.01. The number of hydrogen-bond donors (Lipinski definition) is 1. The van der Waals surface area contributed by atoms with E-state index in [2.05, 4.69) is 4.74 Å². The molecule has 0 radical (unpaired) electrons. The van der Waals surface area contributed by atoms with Gasteiger partial charge in [-0.25, -0.2) is 8.42 Å². The molecular weight excluding hydrogens is 250 g/mol. The molecule has 1 N–H and O–H groups in total. The molecule has 1 fully saturated rings. The lowest BCUT2D eigenvalue weighted by Gasteiger charge is -2.23. The van der Waals surface area contributed by atoms with Gasteiger partial charge in [0.2, 0.25) is 10.0 Å². The minimum absolute atomic E-state index is 0.153. The first-order valence-corrected chi connectivity index (χ1v) is 6.64. The van der Waals surface area contributed by atoms with Crippen molar-refractivity contribution >= 4 is 22.0 Å². The van der Waals surface area contributed by atoms with Crippen LogP contribution < -0.4 is 0 Å². The molecule has 98 valence electrons. The highest BCUT2D eigenvalue weighted by atomic mass is 32.2. The molecule has 1 heterocycles. The van der Waals surface area contributed by atoms with Crippen LogP contribution in [0.3, 0.4) is 0 Å². The Balaban J connectivity index is 2.99. The first kappa shape index (κ1) is 13.9. The number of carboxylic acid groups (broad SMARTS) is 1. The fraction of sp³-hybridized carbons (Fsp3) is 0.778. The molecule has 1 aliphatic rings. The Morgan fingerprint density at radius 3 is 2.53 bits per heavy atom. The van der Waals surface area contributed by atoms with Crippen LogP contribution in [0.5, 0.6) is 0 Å². The molecule has 8 heteroatoms. The van der Waals surface area contributed by atoms with Crippen molar-refractivity contribution in [1.29, 1.82) is 0 Å². The van der Waals surface area contributed by atoms with Crippen LogP contribution in [0.25, 0.3) is 0 Å². The second-order valence-electron chi connectivity index (χ2n) is 3.82. The molecule has 0 aromatic heterocycles. The number of hydrogen-bond acceptors (Lipinski definition) is 5. The number of carbonyl (C=O) groups is 2. The van der Waals surface area contributed by atoms with Crippen molar-refractivity contribution in [3.05, 3.63) is 0 Å².